The van der Waals surface area contributed by atoms with Crippen molar-refractivity contribution in [1.29, 1.82) is 0 Å². The number of carbonyl (C=O) groups excluding carboxylic acids is 1. The molecule has 7 heteroatoms. The van der Waals surface area contributed by atoms with Gasteiger partial charge in [-0.05, 0) is 18.9 Å². The predicted molar refractivity (Wildman–Crippen MR) is 110 cm³/mol. The minimum atomic E-state index is -1.45. The summed E-state index contributed by atoms with van der Waals surface area (Å²) in [7, 11) is 0. The first-order valence-electron chi connectivity index (χ1n) is 10.9. The number of carboxylic acid groups (broad SMARTS) is 3. The summed E-state index contributed by atoms with van der Waals surface area (Å²) in [6.45, 7) is 0.502. The van der Waals surface area contributed by atoms with E-state index in [9.17, 15) is 19.5 Å². The molecule has 0 radical (unpaired) electrons. The molecule has 0 aliphatic heterocycles. The molecule has 0 aromatic heterocycles. The molecular weight excluding hydrogens is 374 g/mol. The first-order chi connectivity index (χ1) is 13.8. The van der Waals surface area contributed by atoms with E-state index >= 15 is 0 Å². The van der Waals surface area contributed by atoms with Crippen LogP contribution in [0.3, 0.4) is 0 Å². The van der Waals surface area contributed by atoms with Gasteiger partial charge in [-0.25, -0.2) is 9.59 Å². The van der Waals surface area contributed by atoms with Crippen molar-refractivity contribution in [3.63, 3.8) is 0 Å². The Bertz CT molecular complexity index is 463. The van der Waals surface area contributed by atoms with Crippen LogP contribution in [0.1, 0.15) is 84.0 Å². The first-order valence-corrected chi connectivity index (χ1v) is 10.9. The molecule has 0 rings (SSSR count). The highest BCUT2D eigenvalue weighted by molar-refractivity contribution is 5.72. The quantitative estimate of drug-likeness (QED) is 0.180. The van der Waals surface area contributed by atoms with Crippen molar-refractivity contribution in [1.82, 2.24) is 0 Å². The van der Waals surface area contributed by atoms with E-state index < -0.39 is 42.0 Å². The van der Waals surface area contributed by atoms with Crippen LogP contribution in [0, 0.1) is 0 Å². The Hall–Kier alpha value is -1.89. The summed E-state index contributed by atoms with van der Waals surface area (Å²) in [6, 6.07) is 0. The van der Waals surface area contributed by atoms with Crippen LogP contribution in [0.2, 0.25) is 0 Å². The van der Waals surface area contributed by atoms with Gasteiger partial charge in [0, 0.05) is 0 Å². The molecule has 168 valence electrons. The number of carboxylic acids is 3. The Morgan fingerprint density at radius 2 is 1.17 bits per heavy atom. The number of hydrogen-bond donors (Lipinski definition) is 2. The summed E-state index contributed by atoms with van der Waals surface area (Å²) in [4.78, 5) is 33.1. The zero-order valence-corrected chi connectivity index (χ0v) is 17.9. The van der Waals surface area contributed by atoms with Gasteiger partial charge in [0.15, 0.2) is 13.1 Å². The van der Waals surface area contributed by atoms with Crippen LogP contribution >= 0.6 is 0 Å². The van der Waals surface area contributed by atoms with Gasteiger partial charge in [-0.3, -0.25) is 4.48 Å². The van der Waals surface area contributed by atoms with E-state index in [4.69, 9.17) is 10.2 Å². The summed E-state index contributed by atoms with van der Waals surface area (Å²) in [5.41, 5.74) is 0. The lowest BCUT2D eigenvalue weighted by Gasteiger charge is -2.35. The molecule has 0 bridgehead atoms. The van der Waals surface area contributed by atoms with E-state index in [2.05, 4.69) is 6.92 Å². The SMILES string of the molecule is CCCCCCCCCCCCC/C=C/C[N+](CC(=O)[O-])(CC(=O)O)CC(=O)O. The Balaban J connectivity index is 4.08. The van der Waals surface area contributed by atoms with E-state index in [1.54, 1.807) is 6.08 Å². The molecule has 0 unspecified atom stereocenters. The fourth-order valence-electron chi connectivity index (χ4n) is 3.55. The standard InChI is InChI=1S/C22H39NO6/c1-2-3-4-5-6-7-8-9-10-11-12-13-14-15-16-23(17-20(24)25,18-21(26)27)19-22(28)29/h14-15H,2-13,16-19H2,1H3,(H2-,24,25,26,27,28,29)/b15-14+. The maximum absolute atomic E-state index is 11.1. The van der Waals surface area contributed by atoms with Crippen molar-refractivity contribution in [2.24, 2.45) is 0 Å². The third-order valence-electron chi connectivity index (χ3n) is 5.04. The van der Waals surface area contributed by atoms with Crippen molar-refractivity contribution in [3.05, 3.63) is 12.2 Å². The monoisotopic (exact) mass is 413 g/mol. The van der Waals surface area contributed by atoms with Crippen LogP contribution in [-0.4, -0.2) is 58.8 Å². The number of quaternary nitrogens is 1. The lowest BCUT2D eigenvalue weighted by Crippen LogP contribution is -2.58. The lowest BCUT2D eigenvalue weighted by atomic mass is 10.1. The highest BCUT2D eigenvalue weighted by Crippen LogP contribution is 2.12. The van der Waals surface area contributed by atoms with Crippen LogP contribution in [0.15, 0.2) is 12.2 Å². The van der Waals surface area contributed by atoms with Crippen LogP contribution in [-0.2, 0) is 14.4 Å². The van der Waals surface area contributed by atoms with Gasteiger partial charge in [0.1, 0.15) is 6.54 Å². The molecule has 0 spiro atoms. The van der Waals surface area contributed by atoms with Gasteiger partial charge >= 0.3 is 11.9 Å². The average molecular weight is 414 g/mol. The zero-order chi connectivity index (χ0) is 22.0. The molecule has 0 fully saturated rings. The van der Waals surface area contributed by atoms with E-state index in [1.807, 2.05) is 6.08 Å². The number of carbonyl (C=O) groups is 3. The third kappa shape index (κ3) is 16.7. The van der Waals surface area contributed by atoms with Gasteiger partial charge in [0.25, 0.3) is 0 Å². The number of allylic oxidation sites excluding steroid dienone is 1. The minimum Gasteiger partial charge on any atom is -0.544 e. The fraction of sp³-hybridized carbons (Fsp3) is 0.773. The molecule has 0 saturated heterocycles. The Morgan fingerprint density at radius 1 is 0.724 bits per heavy atom. The summed E-state index contributed by atoms with van der Waals surface area (Å²) >= 11 is 0. The molecule has 0 amide bonds. The molecule has 2 N–H and O–H groups in total. The number of aliphatic carboxylic acids is 3. The zero-order valence-electron chi connectivity index (χ0n) is 17.9. The van der Waals surface area contributed by atoms with Crippen molar-refractivity contribution in [3.8, 4) is 0 Å². The van der Waals surface area contributed by atoms with Gasteiger partial charge in [0.2, 0.25) is 0 Å². The Kier molecular flexibility index (Phi) is 15.9. The smallest absolute Gasteiger partial charge is 0.359 e. The van der Waals surface area contributed by atoms with Gasteiger partial charge in [0.05, 0.1) is 12.5 Å². The minimum absolute atomic E-state index is 0.0462. The second kappa shape index (κ2) is 17.0. The summed E-state index contributed by atoms with van der Waals surface area (Å²) < 4.78 is -0.582. The fourth-order valence-corrected chi connectivity index (χ4v) is 3.55. The van der Waals surface area contributed by atoms with Gasteiger partial charge < -0.3 is 20.1 Å². The van der Waals surface area contributed by atoms with E-state index in [0.717, 1.165) is 19.3 Å². The molecule has 0 atom stereocenters. The van der Waals surface area contributed by atoms with E-state index in [-0.39, 0.29) is 6.54 Å². The van der Waals surface area contributed by atoms with Crippen LogP contribution in [0.25, 0.3) is 0 Å². The summed E-state index contributed by atoms with van der Waals surface area (Å²) in [6.07, 6.45) is 18.3. The topological polar surface area (TPSA) is 115 Å². The third-order valence-corrected chi connectivity index (χ3v) is 5.04. The molecule has 0 heterocycles. The molecule has 29 heavy (non-hydrogen) atoms. The number of rotatable bonds is 20. The predicted octanol–water partition coefficient (Wildman–Crippen LogP) is 2.98. The van der Waals surface area contributed by atoms with Crippen LogP contribution in [0.4, 0.5) is 0 Å². The largest absolute Gasteiger partial charge is 0.544 e. The molecular formula is C22H39NO6. The summed E-state index contributed by atoms with van der Waals surface area (Å²) in [5, 5.41) is 29.1. The highest BCUT2D eigenvalue weighted by atomic mass is 16.4. The molecule has 0 aromatic carbocycles. The first kappa shape index (κ1) is 27.1. The second-order valence-electron chi connectivity index (χ2n) is 7.95. The number of hydrogen-bond acceptors (Lipinski definition) is 4. The number of unbranched alkanes of at least 4 members (excludes halogenated alkanes) is 11. The molecule has 0 aromatic rings. The van der Waals surface area contributed by atoms with E-state index in [0.29, 0.717) is 0 Å². The lowest BCUT2D eigenvalue weighted by molar-refractivity contribution is -0.903. The normalized spacial score (nSPS) is 11.8. The van der Waals surface area contributed by atoms with Crippen molar-refractivity contribution >= 4 is 17.9 Å². The maximum Gasteiger partial charge on any atom is 0.359 e. The average Bonchev–Trinajstić information content (AvgIpc) is 2.60. The molecule has 0 aliphatic carbocycles. The van der Waals surface area contributed by atoms with Gasteiger partial charge in [-0.15, -0.1) is 0 Å². The molecule has 7 nitrogen and oxygen atoms in total. The number of nitrogens with zero attached hydrogens (tertiary/aromatic N) is 1. The van der Waals surface area contributed by atoms with Crippen LogP contribution in [0.5, 0.6) is 0 Å². The van der Waals surface area contributed by atoms with Crippen molar-refractivity contribution in [2.45, 2.75) is 84.0 Å². The molecule has 0 aliphatic rings. The van der Waals surface area contributed by atoms with E-state index in [1.165, 1.54) is 57.8 Å². The Morgan fingerprint density at radius 3 is 1.59 bits per heavy atom. The summed E-state index contributed by atoms with van der Waals surface area (Å²) in [5.74, 6) is -3.91. The van der Waals surface area contributed by atoms with Gasteiger partial charge in [-0.2, -0.15) is 0 Å². The second-order valence-corrected chi connectivity index (χ2v) is 7.95. The van der Waals surface area contributed by atoms with Crippen molar-refractivity contribution < 1.29 is 34.2 Å². The van der Waals surface area contributed by atoms with Gasteiger partial charge in [-0.1, -0.05) is 77.2 Å². The molecule has 0 saturated carbocycles. The van der Waals surface area contributed by atoms with Crippen LogP contribution < -0.4 is 5.11 Å². The maximum atomic E-state index is 11.1. The van der Waals surface area contributed by atoms with Crippen molar-refractivity contribution in [2.75, 3.05) is 26.2 Å². The highest BCUT2D eigenvalue weighted by Gasteiger charge is 2.32. The Labute approximate surface area is 175 Å².